The van der Waals surface area contributed by atoms with Crippen LogP contribution in [0, 0.1) is 0 Å². The van der Waals surface area contributed by atoms with Gasteiger partial charge in [-0.15, -0.1) is 0 Å². The van der Waals surface area contributed by atoms with E-state index in [1.165, 1.54) is 0 Å². The molecule has 0 aromatic heterocycles. The molecule has 0 saturated carbocycles. The van der Waals surface area contributed by atoms with Crippen LogP contribution in [0.1, 0.15) is 13.3 Å². The van der Waals surface area contributed by atoms with Crippen molar-refractivity contribution in [3.63, 3.8) is 0 Å². The molecule has 1 amide bonds. The lowest BCUT2D eigenvalue weighted by Crippen LogP contribution is -2.37. The molecule has 1 aliphatic heterocycles. The zero-order valence-electron chi connectivity index (χ0n) is 6.78. The minimum atomic E-state index is -0.618. The lowest BCUT2D eigenvalue weighted by Gasteiger charge is -2.15. The molecule has 1 heterocycles. The van der Waals surface area contributed by atoms with E-state index < -0.39 is 6.29 Å². The number of rotatable bonds is 4. The first-order chi connectivity index (χ1) is 5.77. The molecule has 1 fully saturated rings. The quantitative estimate of drug-likeness (QED) is 0.456. The van der Waals surface area contributed by atoms with Gasteiger partial charge in [0.1, 0.15) is 6.04 Å². The van der Waals surface area contributed by atoms with E-state index in [0.717, 1.165) is 0 Å². The number of carbonyl (C=O) groups is 2. The first-order valence-corrected chi connectivity index (χ1v) is 3.78. The van der Waals surface area contributed by atoms with Crippen molar-refractivity contribution in [1.82, 2.24) is 5.32 Å². The van der Waals surface area contributed by atoms with Crippen molar-refractivity contribution in [2.75, 3.05) is 6.61 Å². The van der Waals surface area contributed by atoms with Crippen LogP contribution in [0.25, 0.3) is 0 Å². The van der Waals surface area contributed by atoms with Gasteiger partial charge in [-0.2, -0.15) is 0 Å². The Morgan fingerprint density at radius 2 is 2.58 bits per heavy atom. The van der Waals surface area contributed by atoms with Gasteiger partial charge in [0.2, 0.25) is 12.7 Å². The Kier molecular flexibility index (Phi) is 3.04. The largest absolute Gasteiger partial charge is 0.433 e. The average Bonchev–Trinajstić information content (AvgIpc) is 2.33. The molecule has 2 atom stereocenters. The van der Waals surface area contributed by atoms with Crippen molar-refractivity contribution in [2.45, 2.75) is 25.7 Å². The van der Waals surface area contributed by atoms with Crippen LogP contribution in [0.2, 0.25) is 0 Å². The Morgan fingerprint density at radius 1 is 1.83 bits per heavy atom. The van der Waals surface area contributed by atoms with Crippen molar-refractivity contribution in [3.8, 4) is 0 Å². The average molecular weight is 173 g/mol. The van der Waals surface area contributed by atoms with Gasteiger partial charge in [0.05, 0.1) is 6.42 Å². The van der Waals surface area contributed by atoms with Crippen molar-refractivity contribution in [1.29, 1.82) is 0 Å². The molecular weight excluding hydrogens is 162 g/mol. The number of carbonyl (C=O) groups excluding carboxylic acids is 2. The summed E-state index contributed by atoms with van der Waals surface area (Å²) in [6.45, 7) is 2.25. The van der Waals surface area contributed by atoms with E-state index in [1.807, 2.05) is 0 Å². The van der Waals surface area contributed by atoms with Crippen LogP contribution in [0.15, 0.2) is 0 Å². The predicted octanol–water partition coefficient (Wildman–Crippen LogP) is -0.590. The molecule has 1 rings (SSSR count). The molecule has 1 saturated heterocycles. The summed E-state index contributed by atoms with van der Waals surface area (Å²) in [6.07, 6.45) is 0.106. The molecule has 0 bridgehead atoms. The molecule has 68 valence electrons. The second-order valence-electron chi connectivity index (χ2n) is 2.41. The van der Waals surface area contributed by atoms with E-state index in [2.05, 4.69) is 5.32 Å². The molecule has 1 N–H and O–H groups in total. The molecule has 0 aromatic carbocycles. The van der Waals surface area contributed by atoms with Crippen molar-refractivity contribution in [2.24, 2.45) is 0 Å². The summed E-state index contributed by atoms with van der Waals surface area (Å²) in [5.41, 5.74) is 0. The highest BCUT2D eigenvalue weighted by Crippen LogP contribution is 2.15. The summed E-state index contributed by atoms with van der Waals surface area (Å²) in [4.78, 5) is 20.8. The van der Waals surface area contributed by atoms with Gasteiger partial charge in [-0.1, -0.05) is 0 Å². The highest BCUT2D eigenvalue weighted by atomic mass is 16.7. The molecular formula is C7H11NO4. The smallest absolute Gasteiger partial charge is 0.310 e. The third kappa shape index (κ3) is 1.94. The highest BCUT2D eigenvalue weighted by Gasteiger charge is 2.34. The summed E-state index contributed by atoms with van der Waals surface area (Å²) in [5.74, 6) is -0.340. The third-order valence-corrected chi connectivity index (χ3v) is 1.58. The number of nitrogens with one attached hydrogen (secondary N) is 1. The summed E-state index contributed by atoms with van der Waals surface area (Å²) in [7, 11) is 0. The zero-order chi connectivity index (χ0) is 8.97. The molecule has 1 aliphatic rings. The zero-order valence-corrected chi connectivity index (χ0v) is 6.78. The van der Waals surface area contributed by atoms with E-state index in [1.54, 1.807) is 6.92 Å². The lowest BCUT2D eigenvalue weighted by atomic mass is 10.2. The maximum atomic E-state index is 10.8. The topological polar surface area (TPSA) is 64.6 Å². The van der Waals surface area contributed by atoms with Crippen molar-refractivity contribution in [3.05, 3.63) is 0 Å². The number of cyclic esters (lactones) is 1. The van der Waals surface area contributed by atoms with Gasteiger partial charge in [-0.25, -0.2) is 0 Å². The Morgan fingerprint density at radius 3 is 3.17 bits per heavy atom. The fourth-order valence-electron chi connectivity index (χ4n) is 1.07. The third-order valence-electron chi connectivity index (χ3n) is 1.58. The van der Waals surface area contributed by atoms with Crippen LogP contribution in [0.5, 0.6) is 0 Å². The van der Waals surface area contributed by atoms with Crippen LogP contribution < -0.4 is 5.32 Å². The SMILES string of the molecule is CCO[C@H]1OC(=O)C[C@@H]1NC=O. The maximum Gasteiger partial charge on any atom is 0.310 e. The summed E-state index contributed by atoms with van der Waals surface area (Å²) < 4.78 is 9.86. The molecule has 0 aromatic rings. The number of esters is 1. The second-order valence-corrected chi connectivity index (χ2v) is 2.41. The number of ether oxygens (including phenoxy) is 2. The Hall–Kier alpha value is -1.10. The second kappa shape index (κ2) is 4.06. The highest BCUT2D eigenvalue weighted by molar-refractivity contribution is 5.73. The Bertz CT molecular complexity index is 182. The van der Waals surface area contributed by atoms with Crippen LogP contribution >= 0.6 is 0 Å². The van der Waals surface area contributed by atoms with Gasteiger partial charge in [-0.3, -0.25) is 9.59 Å². The molecule has 5 nitrogen and oxygen atoms in total. The molecule has 12 heavy (non-hydrogen) atoms. The van der Waals surface area contributed by atoms with E-state index in [9.17, 15) is 9.59 Å². The van der Waals surface area contributed by atoms with Gasteiger partial charge < -0.3 is 14.8 Å². The van der Waals surface area contributed by atoms with Gasteiger partial charge in [0.25, 0.3) is 0 Å². The molecule has 0 spiro atoms. The lowest BCUT2D eigenvalue weighted by molar-refractivity contribution is -0.164. The monoisotopic (exact) mass is 173 g/mol. The van der Waals surface area contributed by atoms with Crippen molar-refractivity contribution < 1.29 is 19.1 Å². The van der Waals surface area contributed by atoms with Crippen LogP contribution in [-0.2, 0) is 19.1 Å². The number of hydrogen-bond donors (Lipinski definition) is 1. The Balaban J connectivity index is 2.46. The van der Waals surface area contributed by atoms with Gasteiger partial charge in [0.15, 0.2) is 0 Å². The van der Waals surface area contributed by atoms with Gasteiger partial charge in [0, 0.05) is 6.61 Å². The van der Waals surface area contributed by atoms with Crippen LogP contribution in [-0.4, -0.2) is 31.3 Å². The van der Waals surface area contributed by atoms with E-state index in [0.29, 0.717) is 13.0 Å². The molecule has 0 radical (unpaired) electrons. The minimum Gasteiger partial charge on any atom is -0.433 e. The normalized spacial score (nSPS) is 28.2. The van der Waals surface area contributed by atoms with Gasteiger partial charge in [-0.05, 0) is 6.92 Å². The van der Waals surface area contributed by atoms with E-state index in [4.69, 9.17) is 9.47 Å². The summed E-state index contributed by atoms with van der Waals surface area (Å²) in [6, 6.07) is -0.338. The molecule has 0 aliphatic carbocycles. The van der Waals surface area contributed by atoms with Crippen molar-refractivity contribution >= 4 is 12.4 Å². The molecule has 0 unspecified atom stereocenters. The van der Waals surface area contributed by atoms with E-state index >= 15 is 0 Å². The predicted molar refractivity (Wildman–Crippen MR) is 39.1 cm³/mol. The number of hydrogen-bond acceptors (Lipinski definition) is 4. The maximum absolute atomic E-state index is 10.8. The Labute approximate surface area is 70.0 Å². The fraction of sp³-hybridized carbons (Fsp3) is 0.714. The summed E-state index contributed by atoms with van der Waals surface area (Å²) >= 11 is 0. The number of amides is 1. The standard InChI is InChI=1S/C7H11NO4/c1-2-11-7-5(8-4-9)3-6(10)12-7/h4-5,7H,2-3H2,1H3,(H,8,9)/t5-,7-/m0/s1. The first-order valence-electron chi connectivity index (χ1n) is 3.78. The molecule has 5 heteroatoms. The van der Waals surface area contributed by atoms with Crippen LogP contribution in [0.3, 0.4) is 0 Å². The van der Waals surface area contributed by atoms with Crippen LogP contribution in [0.4, 0.5) is 0 Å². The van der Waals surface area contributed by atoms with Gasteiger partial charge >= 0.3 is 5.97 Å². The summed E-state index contributed by atoms with van der Waals surface area (Å²) in [5, 5.41) is 2.46. The first kappa shape index (κ1) is 8.99. The minimum absolute atomic E-state index is 0.184. The van der Waals surface area contributed by atoms with E-state index in [-0.39, 0.29) is 18.4 Å². The fourth-order valence-corrected chi connectivity index (χ4v) is 1.07.